The van der Waals surface area contributed by atoms with Crippen molar-refractivity contribution in [2.24, 2.45) is 0 Å². The number of aryl methyl sites for hydroxylation is 2. The van der Waals surface area contributed by atoms with Crippen LogP contribution in [-0.4, -0.2) is 29.7 Å². The molecule has 0 unspecified atom stereocenters. The van der Waals surface area contributed by atoms with Crippen LogP contribution in [0.15, 0.2) is 0 Å². The zero-order valence-electron chi connectivity index (χ0n) is 9.12. The van der Waals surface area contributed by atoms with E-state index in [1.807, 2.05) is 13.8 Å². The van der Waals surface area contributed by atoms with Gasteiger partial charge in [0.25, 0.3) is 0 Å². The third-order valence-electron chi connectivity index (χ3n) is 2.40. The van der Waals surface area contributed by atoms with Gasteiger partial charge < -0.3 is 0 Å². The molecule has 0 saturated heterocycles. The lowest BCUT2D eigenvalue weighted by atomic mass is 10.3. The molecule has 15 heavy (non-hydrogen) atoms. The first-order valence-electron chi connectivity index (χ1n) is 4.77. The number of sulfone groups is 1. The third kappa shape index (κ3) is 2.95. The molecule has 1 rings (SSSR count). The number of hydrogen-bond acceptors (Lipinski definition) is 3. The minimum absolute atomic E-state index is 0.0871. The van der Waals surface area contributed by atoms with Gasteiger partial charge in [-0.3, -0.25) is 4.68 Å². The van der Waals surface area contributed by atoms with E-state index >= 15 is 0 Å². The topological polar surface area (TPSA) is 52.0 Å². The van der Waals surface area contributed by atoms with Gasteiger partial charge in [0.15, 0.2) is 9.84 Å². The Bertz CT molecular complexity index is 451. The van der Waals surface area contributed by atoms with Crippen molar-refractivity contribution in [3.8, 4) is 0 Å². The van der Waals surface area contributed by atoms with E-state index in [0.717, 1.165) is 11.3 Å². The van der Waals surface area contributed by atoms with Gasteiger partial charge >= 0.3 is 0 Å². The summed E-state index contributed by atoms with van der Waals surface area (Å²) in [7, 11) is -2.96. The zero-order chi connectivity index (χ0) is 11.6. The molecule has 0 saturated carbocycles. The molecule has 0 spiro atoms. The molecule has 6 heteroatoms. The monoisotopic (exact) mass is 250 g/mol. The van der Waals surface area contributed by atoms with Crippen LogP contribution in [0.3, 0.4) is 0 Å². The Morgan fingerprint density at radius 1 is 1.40 bits per heavy atom. The highest BCUT2D eigenvalue weighted by Crippen LogP contribution is 2.17. The lowest BCUT2D eigenvalue weighted by Crippen LogP contribution is -2.15. The van der Waals surface area contributed by atoms with Gasteiger partial charge in [-0.05, 0) is 13.8 Å². The van der Waals surface area contributed by atoms with Crippen LogP contribution in [0.1, 0.15) is 18.2 Å². The first-order valence-corrected chi connectivity index (χ1v) is 6.97. The van der Waals surface area contributed by atoms with Gasteiger partial charge in [0.05, 0.1) is 18.0 Å². The Morgan fingerprint density at radius 3 is 2.40 bits per heavy atom. The van der Waals surface area contributed by atoms with Crippen molar-refractivity contribution in [3.05, 3.63) is 16.4 Å². The van der Waals surface area contributed by atoms with Crippen molar-refractivity contribution in [1.82, 2.24) is 9.78 Å². The minimum atomic E-state index is -2.96. The standard InChI is InChI=1S/C9H15ClN2O2S/c1-4-15(13,14)6-5-12-9(10)7(2)8(3)11-12/h4-6H2,1-3H3. The van der Waals surface area contributed by atoms with Crippen molar-refractivity contribution in [3.63, 3.8) is 0 Å². The number of aromatic nitrogens is 2. The minimum Gasteiger partial charge on any atom is -0.252 e. The van der Waals surface area contributed by atoms with Crippen molar-refractivity contribution >= 4 is 21.4 Å². The highest BCUT2D eigenvalue weighted by Gasteiger charge is 2.12. The molecule has 1 aromatic rings. The van der Waals surface area contributed by atoms with E-state index < -0.39 is 9.84 Å². The van der Waals surface area contributed by atoms with E-state index in [1.54, 1.807) is 11.6 Å². The largest absolute Gasteiger partial charge is 0.252 e. The van der Waals surface area contributed by atoms with Gasteiger partial charge in [-0.1, -0.05) is 18.5 Å². The quantitative estimate of drug-likeness (QED) is 0.816. The normalized spacial score (nSPS) is 12.0. The first kappa shape index (κ1) is 12.5. The van der Waals surface area contributed by atoms with E-state index in [-0.39, 0.29) is 11.5 Å². The van der Waals surface area contributed by atoms with Crippen LogP contribution in [0.5, 0.6) is 0 Å². The van der Waals surface area contributed by atoms with Crippen LogP contribution < -0.4 is 0 Å². The molecule has 0 N–H and O–H groups in total. The number of rotatable bonds is 4. The van der Waals surface area contributed by atoms with Crippen molar-refractivity contribution in [2.75, 3.05) is 11.5 Å². The van der Waals surface area contributed by atoms with Gasteiger partial charge in [0, 0.05) is 11.3 Å². The molecule has 0 aliphatic heterocycles. The second kappa shape index (κ2) is 4.53. The maximum absolute atomic E-state index is 11.3. The summed E-state index contributed by atoms with van der Waals surface area (Å²) in [6.45, 7) is 5.68. The molecule has 1 heterocycles. The average Bonchev–Trinajstić information content (AvgIpc) is 2.43. The van der Waals surface area contributed by atoms with E-state index in [4.69, 9.17) is 11.6 Å². The molecular weight excluding hydrogens is 236 g/mol. The summed E-state index contributed by atoms with van der Waals surface area (Å²) in [5, 5.41) is 4.69. The van der Waals surface area contributed by atoms with Gasteiger partial charge in [-0.25, -0.2) is 8.42 Å². The van der Waals surface area contributed by atoms with Crippen LogP contribution in [0.25, 0.3) is 0 Å². The molecule has 4 nitrogen and oxygen atoms in total. The molecule has 0 aliphatic carbocycles. The van der Waals surface area contributed by atoms with Gasteiger partial charge in [0.1, 0.15) is 5.15 Å². The number of hydrogen-bond donors (Lipinski definition) is 0. The highest BCUT2D eigenvalue weighted by molar-refractivity contribution is 7.91. The second-order valence-corrected chi connectivity index (χ2v) is 6.29. The molecule has 1 aromatic heterocycles. The SMILES string of the molecule is CCS(=O)(=O)CCn1nc(C)c(C)c1Cl. The smallest absolute Gasteiger partial charge is 0.151 e. The van der Waals surface area contributed by atoms with Gasteiger partial charge in [-0.15, -0.1) is 0 Å². The second-order valence-electron chi connectivity index (χ2n) is 3.46. The van der Waals surface area contributed by atoms with E-state index in [0.29, 0.717) is 11.7 Å². The number of nitrogens with zero attached hydrogens (tertiary/aromatic N) is 2. The van der Waals surface area contributed by atoms with Crippen molar-refractivity contribution in [1.29, 1.82) is 0 Å². The Labute approximate surface area is 95.2 Å². The molecule has 0 aliphatic rings. The fourth-order valence-electron chi connectivity index (χ4n) is 1.16. The first-order chi connectivity index (χ1) is 6.87. The molecule has 0 amide bonds. The molecule has 0 radical (unpaired) electrons. The predicted octanol–water partition coefficient (Wildman–Crippen LogP) is 1.59. The summed E-state index contributed by atoms with van der Waals surface area (Å²) < 4.78 is 24.1. The zero-order valence-corrected chi connectivity index (χ0v) is 10.7. The fourth-order valence-corrected chi connectivity index (χ4v) is 2.16. The van der Waals surface area contributed by atoms with E-state index in [2.05, 4.69) is 5.10 Å². The lowest BCUT2D eigenvalue weighted by Gasteiger charge is -2.03. The molecule has 86 valence electrons. The van der Waals surface area contributed by atoms with E-state index in [1.165, 1.54) is 0 Å². The molecule has 0 aromatic carbocycles. The average molecular weight is 251 g/mol. The fraction of sp³-hybridized carbons (Fsp3) is 0.667. The number of halogens is 1. The maximum Gasteiger partial charge on any atom is 0.151 e. The molecule has 0 fully saturated rings. The molecular formula is C9H15ClN2O2S. The van der Waals surface area contributed by atoms with Crippen LogP contribution >= 0.6 is 11.6 Å². The summed E-state index contributed by atoms with van der Waals surface area (Å²) in [5.74, 6) is 0.244. The highest BCUT2D eigenvalue weighted by atomic mass is 35.5. The molecule has 0 bridgehead atoms. The Balaban J connectivity index is 2.79. The van der Waals surface area contributed by atoms with Crippen LogP contribution in [0, 0.1) is 13.8 Å². The maximum atomic E-state index is 11.3. The van der Waals surface area contributed by atoms with Crippen LogP contribution in [0.4, 0.5) is 0 Å². The van der Waals surface area contributed by atoms with Crippen LogP contribution in [0.2, 0.25) is 5.15 Å². The van der Waals surface area contributed by atoms with Gasteiger partial charge in [0.2, 0.25) is 0 Å². The summed E-state index contributed by atoms with van der Waals surface area (Å²) in [6, 6.07) is 0. The summed E-state index contributed by atoms with van der Waals surface area (Å²) in [6.07, 6.45) is 0. The van der Waals surface area contributed by atoms with Crippen molar-refractivity contribution < 1.29 is 8.42 Å². The Kier molecular flexibility index (Phi) is 3.78. The predicted molar refractivity (Wildman–Crippen MR) is 61.0 cm³/mol. The summed E-state index contributed by atoms with van der Waals surface area (Å²) in [4.78, 5) is 0. The third-order valence-corrected chi connectivity index (χ3v) is 4.57. The summed E-state index contributed by atoms with van der Waals surface area (Å²) >= 11 is 5.99. The van der Waals surface area contributed by atoms with Crippen molar-refractivity contribution in [2.45, 2.75) is 27.3 Å². The Morgan fingerprint density at radius 2 is 2.00 bits per heavy atom. The van der Waals surface area contributed by atoms with E-state index in [9.17, 15) is 8.42 Å². The molecule has 0 atom stereocenters. The van der Waals surface area contributed by atoms with Crippen LogP contribution in [-0.2, 0) is 16.4 Å². The summed E-state index contributed by atoms with van der Waals surface area (Å²) in [5.41, 5.74) is 1.75. The van der Waals surface area contributed by atoms with Gasteiger partial charge in [-0.2, -0.15) is 5.10 Å². The Hall–Kier alpha value is -0.550. The lowest BCUT2D eigenvalue weighted by molar-refractivity contribution is 0.581.